The molecule has 1 aliphatic carbocycles. The second-order valence-corrected chi connectivity index (χ2v) is 14.5. The van der Waals surface area contributed by atoms with E-state index in [1.807, 2.05) is 12.1 Å². The van der Waals surface area contributed by atoms with Crippen molar-refractivity contribution in [1.82, 2.24) is 4.90 Å². The number of carbonyl (C=O) groups is 2. The lowest BCUT2D eigenvalue weighted by atomic mass is 9.86. The highest BCUT2D eigenvalue weighted by Crippen LogP contribution is 2.38. The molecule has 12 heteroatoms. The van der Waals surface area contributed by atoms with Gasteiger partial charge in [0.1, 0.15) is 28.1 Å². The molecule has 0 unspecified atom stereocenters. The highest BCUT2D eigenvalue weighted by molar-refractivity contribution is 6.35. The molecule has 1 amide bonds. The summed E-state index contributed by atoms with van der Waals surface area (Å²) >= 11 is 13.1. The van der Waals surface area contributed by atoms with Crippen molar-refractivity contribution in [1.29, 1.82) is 0 Å². The van der Waals surface area contributed by atoms with Gasteiger partial charge in [0.25, 0.3) is 0 Å². The number of H-pyrrole nitrogens is 1. The van der Waals surface area contributed by atoms with Gasteiger partial charge in [-0.3, -0.25) is 9.80 Å². The van der Waals surface area contributed by atoms with Crippen molar-refractivity contribution in [3.8, 4) is 11.5 Å². The normalized spacial score (nSPS) is 19.8. The quantitative estimate of drug-likeness (QED) is 0.128. The van der Waals surface area contributed by atoms with Gasteiger partial charge in [0.05, 0.1) is 31.5 Å². The van der Waals surface area contributed by atoms with E-state index in [1.165, 1.54) is 11.0 Å². The van der Waals surface area contributed by atoms with Gasteiger partial charge >= 0.3 is 12.1 Å². The molecule has 52 heavy (non-hydrogen) atoms. The first-order chi connectivity index (χ1) is 25.2. The molecule has 2 bridgehead atoms. The topological polar surface area (TPSA) is 91.7 Å². The highest BCUT2D eigenvalue weighted by atomic mass is 35.5. The summed E-state index contributed by atoms with van der Waals surface area (Å²) in [5.41, 5.74) is 2.20. The number of benzene rings is 3. The number of amides is 1. The molecule has 1 aromatic heterocycles. The Hall–Kier alpha value is -4.38. The van der Waals surface area contributed by atoms with Crippen molar-refractivity contribution < 1.29 is 37.9 Å². The van der Waals surface area contributed by atoms with E-state index in [-0.39, 0.29) is 36.2 Å². The fourth-order valence-corrected chi connectivity index (χ4v) is 7.45. The number of methoxy groups -OCH3 is 1. The van der Waals surface area contributed by atoms with E-state index in [9.17, 15) is 9.59 Å². The van der Waals surface area contributed by atoms with Crippen LogP contribution in [0.2, 0.25) is 10.0 Å². The summed E-state index contributed by atoms with van der Waals surface area (Å²) in [7, 11) is 1.58. The van der Waals surface area contributed by atoms with Crippen LogP contribution in [0.25, 0.3) is 0 Å². The maximum absolute atomic E-state index is 15.2. The zero-order valence-electron chi connectivity index (χ0n) is 28.9. The Labute approximate surface area is 312 Å². The van der Waals surface area contributed by atoms with Crippen molar-refractivity contribution in [2.75, 3.05) is 38.3 Å². The maximum Gasteiger partial charge on any atom is 0.415 e. The van der Waals surface area contributed by atoms with E-state index in [0.29, 0.717) is 57.3 Å². The summed E-state index contributed by atoms with van der Waals surface area (Å²) in [5.74, 6) is 0.760. The molecule has 0 radical (unpaired) electrons. The van der Waals surface area contributed by atoms with Crippen LogP contribution in [-0.2, 0) is 22.4 Å². The number of pyridine rings is 1. The number of anilines is 1. The average Bonchev–Trinajstić information content (AvgIpc) is 4.00. The Bertz CT molecular complexity index is 1900. The number of esters is 1. The van der Waals surface area contributed by atoms with Crippen LogP contribution in [0.3, 0.4) is 0 Å². The van der Waals surface area contributed by atoms with Gasteiger partial charge in [-0.2, -0.15) is 0 Å². The number of halogens is 3. The van der Waals surface area contributed by atoms with Crippen LogP contribution in [0.5, 0.6) is 11.5 Å². The molecule has 4 fully saturated rings. The second kappa shape index (κ2) is 16.1. The van der Waals surface area contributed by atoms with Crippen molar-refractivity contribution in [3.63, 3.8) is 0 Å². The molecule has 4 heterocycles. The minimum atomic E-state index is -0.811. The number of nitrogens with one attached hydrogen (secondary N) is 1. The Morgan fingerprint density at radius 1 is 0.962 bits per heavy atom. The van der Waals surface area contributed by atoms with Gasteiger partial charge in [-0.15, -0.1) is 0 Å². The first-order valence-corrected chi connectivity index (χ1v) is 18.4. The molecule has 1 saturated carbocycles. The molecule has 3 saturated heterocycles. The van der Waals surface area contributed by atoms with Gasteiger partial charge in [-0.05, 0) is 98.1 Å². The number of rotatable bonds is 13. The summed E-state index contributed by atoms with van der Waals surface area (Å²) in [6.07, 6.45) is 5.90. The molecular formula is C40H41Cl2FN3O6+. The Balaban J connectivity index is 1.14. The van der Waals surface area contributed by atoms with Gasteiger partial charge in [0, 0.05) is 18.5 Å². The van der Waals surface area contributed by atoms with Crippen LogP contribution >= 0.6 is 23.2 Å². The zero-order chi connectivity index (χ0) is 36.2. The van der Waals surface area contributed by atoms with Crippen molar-refractivity contribution in [2.45, 2.75) is 50.9 Å². The van der Waals surface area contributed by atoms with E-state index >= 15 is 4.39 Å². The number of carbonyl (C=O) groups excluding carboxylic acids is 2. The smallest absolute Gasteiger partial charge is 0.415 e. The lowest BCUT2D eigenvalue weighted by Gasteiger charge is -2.44. The number of aromatic amines is 1. The summed E-state index contributed by atoms with van der Waals surface area (Å²) < 4.78 is 39.1. The Kier molecular flexibility index (Phi) is 11.1. The zero-order valence-corrected chi connectivity index (χ0v) is 30.4. The molecule has 3 aliphatic heterocycles. The first kappa shape index (κ1) is 36.0. The van der Waals surface area contributed by atoms with Crippen LogP contribution in [0.4, 0.5) is 14.9 Å². The second-order valence-electron chi connectivity index (χ2n) is 13.7. The van der Waals surface area contributed by atoms with E-state index in [1.54, 1.807) is 68.0 Å². The molecular weight excluding hydrogens is 708 g/mol. The van der Waals surface area contributed by atoms with E-state index in [4.69, 9.17) is 42.1 Å². The van der Waals surface area contributed by atoms with Crippen LogP contribution in [0.1, 0.15) is 58.8 Å². The molecule has 9 nitrogen and oxygen atoms in total. The Morgan fingerprint density at radius 2 is 1.73 bits per heavy atom. The van der Waals surface area contributed by atoms with Gasteiger partial charge < -0.3 is 18.9 Å². The molecule has 4 aliphatic rings. The van der Waals surface area contributed by atoms with Crippen molar-refractivity contribution in [2.24, 2.45) is 11.8 Å². The van der Waals surface area contributed by atoms with Crippen LogP contribution in [-0.4, -0.2) is 56.4 Å². The highest BCUT2D eigenvalue weighted by Gasteiger charge is 2.38. The van der Waals surface area contributed by atoms with Crippen LogP contribution < -0.4 is 19.4 Å². The van der Waals surface area contributed by atoms with E-state index in [0.717, 1.165) is 38.8 Å². The number of hydrogen-bond acceptors (Lipinski definition) is 7. The lowest BCUT2D eigenvalue weighted by molar-refractivity contribution is -0.377. The van der Waals surface area contributed by atoms with Gasteiger partial charge in [-0.1, -0.05) is 53.5 Å². The monoisotopic (exact) mass is 748 g/mol. The fraction of sp³-hybridized carbons (Fsp3) is 0.375. The molecule has 1 N–H and O–H groups in total. The number of nitrogens with zero attached hydrogens (tertiary/aromatic N) is 2. The molecule has 8 rings (SSSR count). The maximum atomic E-state index is 15.2. The number of para-hydroxylation sites is 1. The summed E-state index contributed by atoms with van der Waals surface area (Å²) in [4.78, 5) is 34.2. The third-order valence-electron chi connectivity index (χ3n) is 10.1. The fourth-order valence-electron chi connectivity index (χ4n) is 6.92. The summed E-state index contributed by atoms with van der Waals surface area (Å²) in [6, 6.07) is 18.3. The molecule has 0 spiro atoms. The number of fused-ring (bicyclic) bond motifs is 3. The standard InChI is InChI=1S/C40H40Cl2FN3O6/c1-49-35-12-11-28(18-37(35)50-24-25-9-10-25)36(19-30-31(41)20-44-21-32(30)42)51-39(47)29-6-4-5-26(17-29)22-46(34-8-3-2-7-33(34)43)40(48)52-38-23-45-15-13-27(38)14-16-45/h2-8,11-12,17-18,20-21,25,27,36,38H,9-10,13-16,19,22-24H2,1H3/p+1/t36-,38+/m1/s1. The van der Waals surface area contributed by atoms with E-state index in [2.05, 4.69) is 9.88 Å². The number of hydrogen-bond donors (Lipinski definition) is 0. The van der Waals surface area contributed by atoms with Gasteiger partial charge in [0.2, 0.25) is 0 Å². The molecule has 4 aromatic rings. The van der Waals surface area contributed by atoms with Crippen molar-refractivity contribution >= 4 is 41.0 Å². The van der Waals surface area contributed by atoms with Crippen LogP contribution in [0.15, 0.2) is 79.1 Å². The number of piperidine rings is 3. The molecule has 3 aromatic carbocycles. The van der Waals surface area contributed by atoms with Gasteiger partial charge in [-0.25, -0.2) is 19.0 Å². The average molecular weight is 750 g/mol. The van der Waals surface area contributed by atoms with Crippen molar-refractivity contribution in [3.05, 3.63) is 117 Å². The lowest BCUT2D eigenvalue weighted by Crippen LogP contribution is -2.53. The third-order valence-corrected chi connectivity index (χ3v) is 10.8. The third kappa shape index (κ3) is 8.46. The number of aromatic nitrogens is 1. The van der Waals surface area contributed by atoms with Crippen LogP contribution in [0, 0.1) is 17.7 Å². The van der Waals surface area contributed by atoms with Gasteiger partial charge in [0.15, 0.2) is 23.9 Å². The molecule has 2 atom stereocenters. The first-order valence-electron chi connectivity index (χ1n) is 17.7. The predicted molar refractivity (Wildman–Crippen MR) is 195 cm³/mol. The summed E-state index contributed by atoms with van der Waals surface area (Å²) in [5, 5.41) is 0.792. The SMILES string of the molecule is COc1ccc([C@@H](Cc2c(Cl)c[nH+]cc2Cl)OC(=O)c2cccc(CN(C(=O)O[C@H]3CN4CCC3CC4)c3ccccc3F)c2)cc1OCC1CC1. The Morgan fingerprint density at radius 3 is 2.42 bits per heavy atom. The number of ether oxygens (including phenoxy) is 4. The molecule has 272 valence electrons. The largest absolute Gasteiger partial charge is 0.493 e. The summed E-state index contributed by atoms with van der Waals surface area (Å²) in [6.45, 7) is 3.20. The van der Waals surface area contributed by atoms with E-state index < -0.39 is 24.0 Å². The predicted octanol–water partition coefficient (Wildman–Crippen LogP) is 8.12. The minimum absolute atomic E-state index is 0.0304. The minimum Gasteiger partial charge on any atom is -0.493 e.